The Morgan fingerprint density at radius 2 is 1.70 bits per heavy atom. The Labute approximate surface area is 179 Å². The highest BCUT2D eigenvalue weighted by Gasteiger charge is 2.47. The fourth-order valence-corrected chi connectivity index (χ4v) is 4.86. The van der Waals surface area contributed by atoms with Gasteiger partial charge in [-0.3, -0.25) is 4.79 Å². The van der Waals surface area contributed by atoms with Crippen LogP contribution in [0.1, 0.15) is 55.2 Å². The molecule has 0 aliphatic carbocycles. The van der Waals surface area contributed by atoms with Gasteiger partial charge in [-0.05, 0) is 69.5 Å². The predicted octanol–water partition coefficient (Wildman–Crippen LogP) is 6.43. The van der Waals surface area contributed by atoms with E-state index in [1.54, 1.807) is 18.4 Å². The van der Waals surface area contributed by atoms with Crippen LogP contribution in [0.4, 0.5) is 5.69 Å². The predicted molar refractivity (Wildman–Crippen MR) is 123 cm³/mol. The molecule has 1 amide bonds. The molecule has 1 aliphatic heterocycles. The number of carbonyl (C=O) groups is 1. The topological polar surface area (TPSA) is 33.5 Å². The molecule has 0 N–H and O–H groups in total. The molecule has 0 radical (unpaired) electrons. The summed E-state index contributed by atoms with van der Waals surface area (Å²) in [4.78, 5) is 15.3. The molecule has 3 aromatic rings. The molecule has 0 bridgehead atoms. The average Bonchev–Trinajstić information content (AvgIpc) is 3.20. The molecule has 1 atom stereocenters. The summed E-state index contributed by atoms with van der Waals surface area (Å²) < 4.78 is 5.35. The third-order valence-electron chi connectivity index (χ3n) is 6.22. The van der Waals surface area contributed by atoms with Crippen molar-refractivity contribution in [3.63, 3.8) is 0 Å². The van der Waals surface area contributed by atoms with Crippen molar-refractivity contribution in [2.24, 2.45) is 0 Å². The van der Waals surface area contributed by atoms with Gasteiger partial charge >= 0.3 is 0 Å². The Hall–Kier alpha value is -3.07. The number of fused-ring (bicyclic) bond motifs is 1. The van der Waals surface area contributed by atoms with E-state index in [0.717, 1.165) is 12.1 Å². The van der Waals surface area contributed by atoms with Gasteiger partial charge < -0.3 is 9.32 Å². The van der Waals surface area contributed by atoms with E-state index in [4.69, 9.17) is 4.42 Å². The van der Waals surface area contributed by atoms with Crippen LogP contribution in [0.2, 0.25) is 0 Å². The van der Waals surface area contributed by atoms with Gasteiger partial charge in [0.25, 0.3) is 5.91 Å². The lowest BCUT2D eigenvalue weighted by atomic mass is 9.65. The van der Waals surface area contributed by atoms with E-state index in [-0.39, 0.29) is 16.9 Å². The Bertz CT molecular complexity index is 1090. The zero-order chi connectivity index (χ0) is 21.5. The zero-order valence-electron chi connectivity index (χ0n) is 18.4. The maximum atomic E-state index is 13.3. The normalized spacial score (nSPS) is 20.4. The molecule has 30 heavy (non-hydrogen) atoms. The molecule has 154 valence electrons. The van der Waals surface area contributed by atoms with E-state index in [9.17, 15) is 4.79 Å². The van der Waals surface area contributed by atoms with E-state index in [1.165, 1.54) is 22.3 Å². The lowest BCUT2D eigenvalue weighted by Gasteiger charge is -2.51. The molecule has 0 unspecified atom stereocenters. The monoisotopic (exact) mass is 399 g/mol. The summed E-state index contributed by atoms with van der Waals surface area (Å²) in [6.07, 6.45) is 5.79. The molecule has 0 spiro atoms. The second-order valence-electron chi connectivity index (χ2n) is 9.23. The lowest BCUT2D eigenvalue weighted by Crippen LogP contribution is -2.55. The number of benzene rings is 2. The summed E-state index contributed by atoms with van der Waals surface area (Å²) >= 11 is 0. The molecule has 0 fully saturated rings. The first kappa shape index (κ1) is 20.2. The van der Waals surface area contributed by atoms with E-state index in [2.05, 4.69) is 77.1 Å². The van der Waals surface area contributed by atoms with Crippen LogP contribution in [0, 0.1) is 13.8 Å². The van der Waals surface area contributed by atoms with Gasteiger partial charge in [-0.1, -0.05) is 54.4 Å². The van der Waals surface area contributed by atoms with Crippen molar-refractivity contribution in [2.75, 3.05) is 4.90 Å². The van der Waals surface area contributed by atoms with Crippen molar-refractivity contribution < 1.29 is 9.21 Å². The lowest BCUT2D eigenvalue weighted by molar-refractivity contribution is -0.115. The Morgan fingerprint density at radius 3 is 2.37 bits per heavy atom. The van der Waals surface area contributed by atoms with Crippen molar-refractivity contribution in [3.8, 4) is 0 Å². The summed E-state index contributed by atoms with van der Waals surface area (Å²) in [6.45, 7) is 10.8. The largest absolute Gasteiger partial charge is 0.465 e. The number of furan rings is 1. The Kier molecular flexibility index (Phi) is 4.93. The maximum Gasteiger partial charge on any atom is 0.251 e. The Morgan fingerprint density at radius 1 is 1.00 bits per heavy atom. The van der Waals surface area contributed by atoms with Gasteiger partial charge in [0.15, 0.2) is 0 Å². The minimum atomic E-state index is -0.355. The smallest absolute Gasteiger partial charge is 0.251 e. The Balaban J connectivity index is 1.83. The number of hydrogen-bond acceptors (Lipinski definition) is 2. The molecule has 1 aromatic heterocycles. The molecular weight excluding hydrogens is 370 g/mol. The van der Waals surface area contributed by atoms with Gasteiger partial charge in [0.2, 0.25) is 0 Å². The van der Waals surface area contributed by atoms with Gasteiger partial charge in [-0.2, -0.15) is 0 Å². The van der Waals surface area contributed by atoms with Crippen LogP contribution in [-0.2, 0) is 10.2 Å². The summed E-state index contributed by atoms with van der Waals surface area (Å²) in [7, 11) is 0. The van der Waals surface area contributed by atoms with E-state index in [1.807, 2.05) is 17.0 Å². The molecule has 2 heterocycles. The SMILES string of the molecule is Cc1ccc([C@@]2(C)CC(C)(C)N(C(=O)/C=C/c3ccco3)c3ccc(C)cc32)cc1. The highest BCUT2D eigenvalue weighted by molar-refractivity contribution is 6.05. The van der Waals surface area contributed by atoms with Crippen LogP contribution in [-0.4, -0.2) is 11.4 Å². The van der Waals surface area contributed by atoms with Crippen molar-refractivity contribution in [1.82, 2.24) is 0 Å². The molecule has 1 aliphatic rings. The van der Waals surface area contributed by atoms with Crippen LogP contribution < -0.4 is 4.90 Å². The number of carbonyl (C=O) groups excluding carboxylic acids is 1. The first-order valence-corrected chi connectivity index (χ1v) is 10.4. The molecule has 4 rings (SSSR count). The van der Waals surface area contributed by atoms with E-state index >= 15 is 0 Å². The third-order valence-corrected chi connectivity index (χ3v) is 6.22. The van der Waals surface area contributed by atoms with Crippen molar-refractivity contribution >= 4 is 17.7 Å². The second kappa shape index (κ2) is 7.32. The zero-order valence-corrected chi connectivity index (χ0v) is 18.4. The van der Waals surface area contributed by atoms with Crippen LogP contribution in [0.5, 0.6) is 0 Å². The van der Waals surface area contributed by atoms with E-state index < -0.39 is 0 Å². The van der Waals surface area contributed by atoms with Crippen LogP contribution in [0.25, 0.3) is 6.08 Å². The van der Waals surface area contributed by atoms with Gasteiger partial charge in [0.05, 0.1) is 6.26 Å². The molecule has 0 saturated carbocycles. The minimum absolute atomic E-state index is 0.0348. The fourth-order valence-electron chi connectivity index (χ4n) is 4.86. The summed E-state index contributed by atoms with van der Waals surface area (Å²) in [6, 6.07) is 18.9. The third kappa shape index (κ3) is 3.49. The highest BCUT2D eigenvalue weighted by atomic mass is 16.3. The molecule has 3 heteroatoms. The minimum Gasteiger partial charge on any atom is -0.465 e. The standard InChI is InChI=1S/C27H29NO2/c1-19-8-11-21(12-9-19)27(5)18-26(3,4)28(24-14-10-20(2)17-23(24)27)25(29)15-13-22-7-6-16-30-22/h6-17H,18H2,1-5H3/b15-13+/t27-/m1/s1. The second-order valence-corrected chi connectivity index (χ2v) is 9.23. The van der Waals surface area contributed by atoms with Crippen molar-refractivity contribution in [1.29, 1.82) is 0 Å². The van der Waals surface area contributed by atoms with Gasteiger partial charge in [-0.15, -0.1) is 0 Å². The first-order valence-electron chi connectivity index (χ1n) is 10.4. The number of aryl methyl sites for hydroxylation is 2. The number of anilines is 1. The molecule has 0 saturated heterocycles. The van der Waals surface area contributed by atoms with Crippen LogP contribution in [0.3, 0.4) is 0 Å². The molecular formula is C27H29NO2. The van der Waals surface area contributed by atoms with Gasteiger partial charge in [0, 0.05) is 22.7 Å². The maximum absolute atomic E-state index is 13.3. The highest BCUT2D eigenvalue weighted by Crippen LogP contribution is 2.50. The van der Waals surface area contributed by atoms with Crippen LogP contribution in [0.15, 0.2) is 71.4 Å². The number of rotatable bonds is 3. The average molecular weight is 400 g/mol. The number of amides is 1. The quantitative estimate of drug-likeness (QED) is 0.475. The number of hydrogen-bond donors (Lipinski definition) is 0. The van der Waals surface area contributed by atoms with Crippen molar-refractivity contribution in [3.05, 3.63) is 95.0 Å². The first-order chi connectivity index (χ1) is 14.2. The fraction of sp³-hybridized carbons (Fsp3) is 0.296. The van der Waals surface area contributed by atoms with Gasteiger partial charge in [-0.25, -0.2) is 0 Å². The van der Waals surface area contributed by atoms with Gasteiger partial charge in [0.1, 0.15) is 5.76 Å². The molecule has 3 nitrogen and oxygen atoms in total. The van der Waals surface area contributed by atoms with Crippen LogP contribution >= 0.6 is 0 Å². The summed E-state index contributed by atoms with van der Waals surface area (Å²) in [5.74, 6) is 0.638. The summed E-state index contributed by atoms with van der Waals surface area (Å²) in [5.41, 5.74) is 5.38. The number of nitrogens with zero attached hydrogens (tertiary/aromatic N) is 1. The van der Waals surface area contributed by atoms with Crippen molar-refractivity contribution in [2.45, 2.75) is 52.0 Å². The molecule has 2 aromatic carbocycles. The summed E-state index contributed by atoms with van der Waals surface area (Å²) in [5, 5.41) is 0. The van der Waals surface area contributed by atoms with E-state index in [0.29, 0.717) is 5.76 Å².